The van der Waals surface area contributed by atoms with Gasteiger partial charge < -0.3 is 10.2 Å². The standard InChI is InChI=1S/C29H25F3N2O6S/c30-29(31,32)22-10-4-9-20(15-22)26-21(14-19-8-3-7-18-6-1-2-11-23(18)19)16-25(36)34-24(28(37)38)17-33(12-5-13-35)41(39,40)27(26)34/h1-4,6-11,15-16,24,35H,5,12-14,17H2,(H,37,38). The highest BCUT2D eigenvalue weighted by molar-refractivity contribution is 7.89. The highest BCUT2D eigenvalue weighted by Crippen LogP contribution is 2.40. The van der Waals surface area contributed by atoms with Gasteiger partial charge in [0.05, 0.1) is 5.56 Å². The molecule has 0 fully saturated rings. The van der Waals surface area contributed by atoms with Crippen molar-refractivity contribution in [1.82, 2.24) is 8.87 Å². The summed E-state index contributed by atoms with van der Waals surface area (Å²) in [5, 5.41) is 20.3. The Bertz CT molecular complexity index is 1810. The van der Waals surface area contributed by atoms with Crippen LogP contribution < -0.4 is 5.56 Å². The van der Waals surface area contributed by atoms with Gasteiger partial charge in [-0.05, 0) is 52.4 Å². The number of pyridine rings is 1. The van der Waals surface area contributed by atoms with Gasteiger partial charge in [0, 0.05) is 31.3 Å². The molecule has 0 amide bonds. The van der Waals surface area contributed by atoms with Crippen LogP contribution in [0.3, 0.4) is 0 Å². The first-order valence-corrected chi connectivity index (χ1v) is 14.1. The third-order valence-corrected chi connectivity index (χ3v) is 9.05. The summed E-state index contributed by atoms with van der Waals surface area (Å²) in [6.45, 7) is -1.19. The highest BCUT2D eigenvalue weighted by atomic mass is 32.2. The van der Waals surface area contributed by atoms with Gasteiger partial charge in [0.2, 0.25) is 0 Å². The van der Waals surface area contributed by atoms with E-state index in [1.165, 1.54) is 6.07 Å². The van der Waals surface area contributed by atoms with E-state index in [1.54, 1.807) is 12.1 Å². The molecule has 5 rings (SSSR count). The lowest BCUT2D eigenvalue weighted by molar-refractivity contribution is -0.141. The molecule has 1 aromatic heterocycles. The zero-order valence-electron chi connectivity index (χ0n) is 21.5. The van der Waals surface area contributed by atoms with E-state index in [2.05, 4.69) is 0 Å². The largest absolute Gasteiger partial charge is 0.480 e. The summed E-state index contributed by atoms with van der Waals surface area (Å²) in [5.74, 6) is -1.48. The van der Waals surface area contributed by atoms with Gasteiger partial charge in [0.15, 0.2) is 5.03 Å². The molecular formula is C29H25F3N2O6S. The van der Waals surface area contributed by atoms with Crippen molar-refractivity contribution in [2.45, 2.75) is 30.1 Å². The number of carboxylic acid groups (broad SMARTS) is 1. The SMILES string of the molecule is O=C(O)C1CN(CCCO)S(=O)(=O)c2c(-c3cccc(C(F)(F)F)c3)c(Cc3cccc4ccccc34)cc(=O)n21. The Balaban J connectivity index is 1.86. The van der Waals surface area contributed by atoms with E-state index in [0.29, 0.717) is 10.1 Å². The molecule has 2 heterocycles. The minimum absolute atomic E-state index is 0.00953. The predicted molar refractivity (Wildman–Crippen MR) is 145 cm³/mol. The first kappa shape index (κ1) is 28.5. The van der Waals surface area contributed by atoms with E-state index in [1.807, 2.05) is 30.3 Å². The van der Waals surface area contributed by atoms with Crippen molar-refractivity contribution in [3.05, 3.63) is 99.8 Å². The van der Waals surface area contributed by atoms with Crippen molar-refractivity contribution in [3.63, 3.8) is 0 Å². The predicted octanol–water partition coefficient (Wildman–Crippen LogP) is 4.29. The molecule has 0 saturated carbocycles. The normalized spacial score (nSPS) is 16.9. The monoisotopic (exact) mass is 586 g/mol. The number of aliphatic carboxylic acids is 1. The maximum absolute atomic E-state index is 14.0. The van der Waals surface area contributed by atoms with E-state index in [-0.39, 0.29) is 42.7 Å². The molecule has 4 aromatic rings. The zero-order chi connectivity index (χ0) is 29.5. The van der Waals surface area contributed by atoms with Gasteiger partial charge in [-0.2, -0.15) is 17.5 Å². The van der Waals surface area contributed by atoms with Gasteiger partial charge in [-0.15, -0.1) is 0 Å². The average Bonchev–Trinajstić information content (AvgIpc) is 2.92. The van der Waals surface area contributed by atoms with E-state index in [0.717, 1.165) is 39.3 Å². The second-order valence-electron chi connectivity index (χ2n) is 9.75. The van der Waals surface area contributed by atoms with Gasteiger partial charge in [-0.25, -0.2) is 13.2 Å². The second kappa shape index (κ2) is 10.8. The minimum Gasteiger partial charge on any atom is -0.480 e. The molecule has 214 valence electrons. The molecule has 0 aliphatic carbocycles. The average molecular weight is 587 g/mol. The number of carbonyl (C=O) groups is 1. The summed E-state index contributed by atoms with van der Waals surface area (Å²) in [4.78, 5) is 25.7. The van der Waals surface area contributed by atoms with E-state index < -0.39 is 50.9 Å². The number of carboxylic acids is 1. The summed E-state index contributed by atoms with van der Waals surface area (Å²) in [6.07, 6.45) is -4.77. The Kier molecular flexibility index (Phi) is 7.49. The molecule has 1 atom stereocenters. The summed E-state index contributed by atoms with van der Waals surface area (Å²) < 4.78 is 70.7. The molecule has 0 saturated heterocycles. The van der Waals surface area contributed by atoms with Crippen LogP contribution in [0.1, 0.15) is 29.2 Å². The van der Waals surface area contributed by atoms with Gasteiger partial charge in [-0.1, -0.05) is 54.6 Å². The van der Waals surface area contributed by atoms with E-state index in [9.17, 15) is 41.4 Å². The fourth-order valence-corrected chi connectivity index (χ4v) is 7.21. The number of benzene rings is 3. The molecule has 12 heteroatoms. The molecule has 8 nitrogen and oxygen atoms in total. The van der Waals surface area contributed by atoms with Gasteiger partial charge >= 0.3 is 12.1 Å². The lowest BCUT2D eigenvalue weighted by Crippen LogP contribution is -2.50. The molecule has 1 aliphatic rings. The van der Waals surface area contributed by atoms with Crippen molar-refractivity contribution < 1.29 is 36.6 Å². The summed E-state index contributed by atoms with van der Waals surface area (Å²) in [7, 11) is -4.59. The van der Waals surface area contributed by atoms with Crippen LogP contribution in [0.15, 0.2) is 82.6 Å². The quantitative estimate of drug-likeness (QED) is 0.334. The van der Waals surface area contributed by atoms with Crippen LogP contribution >= 0.6 is 0 Å². The highest BCUT2D eigenvalue weighted by Gasteiger charge is 2.43. The molecular weight excluding hydrogens is 561 g/mol. The van der Waals surface area contributed by atoms with Crippen molar-refractivity contribution in [2.24, 2.45) is 0 Å². The van der Waals surface area contributed by atoms with Crippen molar-refractivity contribution in [1.29, 1.82) is 0 Å². The fraction of sp³-hybridized carbons (Fsp3) is 0.241. The third-order valence-electron chi connectivity index (χ3n) is 7.15. The van der Waals surface area contributed by atoms with Crippen LogP contribution in [0.2, 0.25) is 0 Å². The number of aliphatic hydroxyl groups excluding tert-OH is 1. The van der Waals surface area contributed by atoms with Gasteiger partial charge in [0.1, 0.15) is 6.04 Å². The number of nitrogens with zero attached hydrogens (tertiary/aromatic N) is 2. The molecule has 1 aliphatic heterocycles. The van der Waals surface area contributed by atoms with Crippen LogP contribution in [0.5, 0.6) is 0 Å². The van der Waals surface area contributed by atoms with Crippen LogP contribution in [0.4, 0.5) is 13.2 Å². The van der Waals surface area contributed by atoms with Gasteiger partial charge in [0.25, 0.3) is 15.6 Å². The zero-order valence-corrected chi connectivity index (χ0v) is 22.3. The molecule has 0 spiro atoms. The Hall–Kier alpha value is -4.00. The van der Waals surface area contributed by atoms with E-state index >= 15 is 0 Å². The van der Waals surface area contributed by atoms with E-state index in [4.69, 9.17) is 0 Å². The number of alkyl halides is 3. The Morgan fingerprint density at radius 2 is 1.68 bits per heavy atom. The van der Waals surface area contributed by atoms with Crippen molar-refractivity contribution in [2.75, 3.05) is 19.7 Å². The number of rotatable bonds is 7. The maximum atomic E-state index is 14.0. The first-order chi connectivity index (χ1) is 19.4. The maximum Gasteiger partial charge on any atom is 0.416 e. The Labute approximate surface area is 232 Å². The number of sulfonamides is 1. The Morgan fingerprint density at radius 3 is 2.39 bits per heavy atom. The second-order valence-corrected chi connectivity index (χ2v) is 11.6. The van der Waals surface area contributed by atoms with Crippen molar-refractivity contribution in [3.8, 4) is 11.1 Å². The number of hydrogen-bond donors (Lipinski definition) is 2. The number of aliphatic hydroxyl groups is 1. The topological polar surface area (TPSA) is 117 Å². The first-order valence-electron chi connectivity index (χ1n) is 12.7. The number of halogens is 3. The van der Waals surface area contributed by atoms with Crippen LogP contribution in [0.25, 0.3) is 21.9 Å². The minimum atomic E-state index is -4.74. The van der Waals surface area contributed by atoms with Crippen LogP contribution in [0, 0.1) is 0 Å². The Morgan fingerprint density at radius 1 is 0.976 bits per heavy atom. The summed E-state index contributed by atoms with van der Waals surface area (Å²) >= 11 is 0. The smallest absolute Gasteiger partial charge is 0.416 e. The summed E-state index contributed by atoms with van der Waals surface area (Å²) in [6, 6.07) is 16.3. The molecule has 1 unspecified atom stereocenters. The van der Waals surface area contributed by atoms with Crippen LogP contribution in [-0.2, 0) is 27.4 Å². The molecule has 2 N–H and O–H groups in total. The lowest BCUT2D eigenvalue weighted by Gasteiger charge is -2.35. The number of fused-ring (bicyclic) bond motifs is 2. The third kappa shape index (κ3) is 5.25. The molecule has 3 aromatic carbocycles. The van der Waals surface area contributed by atoms with Crippen molar-refractivity contribution >= 4 is 26.8 Å². The summed E-state index contributed by atoms with van der Waals surface area (Å²) in [5.41, 5.74) is -1.41. The molecule has 0 radical (unpaired) electrons. The fourth-order valence-electron chi connectivity index (χ4n) is 5.29. The van der Waals surface area contributed by atoms with Crippen LogP contribution in [-0.4, -0.2) is 53.2 Å². The number of aromatic nitrogens is 1. The molecule has 0 bridgehead atoms. The number of hydrogen-bond acceptors (Lipinski definition) is 5. The molecule has 41 heavy (non-hydrogen) atoms. The van der Waals surface area contributed by atoms with Gasteiger partial charge in [-0.3, -0.25) is 9.36 Å². The lowest BCUT2D eigenvalue weighted by atomic mass is 9.93.